The maximum atomic E-state index is 11.9. The summed E-state index contributed by atoms with van der Waals surface area (Å²) in [6.45, 7) is 4.34. The van der Waals surface area contributed by atoms with Crippen molar-refractivity contribution in [3.05, 3.63) is 0 Å². The molecular formula is C11H19NO. The Hall–Kier alpha value is -0.370. The third-order valence-electron chi connectivity index (χ3n) is 3.77. The lowest BCUT2D eigenvalue weighted by Crippen LogP contribution is -2.39. The highest BCUT2D eigenvalue weighted by Crippen LogP contribution is 2.40. The zero-order valence-corrected chi connectivity index (χ0v) is 8.60. The summed E-state index contributed by atoms with van der Waals surface area (Å²) in [4.78, 5) is 11.9. The first kappa shape index (κ1) is 9.20. The molecule has 0 bridgehead atoms. The van der Waals surface area contributed by atoms with Crippen LogP contribution in [0, 0.1) is 5.41 Å². The zero-order valence-electron chi connectivity index (χ0n) is 8.60. The summed E-state index contributed by atoms with van der Waals surface area (Å²) in [7, 11) is 0. The first-order chi connectivity index (χ1) is 6.13. The number of rotatable bonds is 0. The highest BCUT2D eigenvalue weighted by molar-refractivity contribution is 5.86. The van der Waals surface area contributed by atoms with Gasteiger partial charge in [-0.25, -0.2) is 0 Å². The standard InChI is InChI=1S/C11H19NO/c1-8-7-11(2)9(12-8)5-3-4-6-10(11)13/h8-9,12H,3-7H2,1-2H3. The van der Waals surface area contributed by atoms with E-state index in [0.717, 1.165) is 19.3 Å². The quantitative estimate of drug-likeness (QED) is 0.618. The molecule has 0 aromatic rings. The largest absolute Gasteiger partial charge is 0.310 e. The van der Waals surface area contributed by atoms with E-state index in [1.165, 1.54) is 12.8 Å². The molecular weight excluding hydrogens is 162 g/mol. The Morgan fingerprint density at radius 3 is 3.00 bits per heavy atom. The van der Waals surface area contributed by atoms with Crippen LogP contribution < -0.4 is 5.32 Å². The highest BCUT2D eigenvalue weighted by atomic mass is 16.1. The molecule has 3 atom stereocenters. The second-order valence-corrected chi connectivity index (χ2v) is 4.91. The van der Waals surface area contributed by atoms with Gasteiger partial charge in [-0.2, -0.15) is 0 Å². The smallest absolute Gasteiger partial charge is 0.140 e. The van der Waals surface area contributed by atoms with Crippen molar-refractivity contribution < 1.29 is 4.79 Å². The van der Waals surface area contributed by atoms with Crippen LogP contribution >= 0.6 is 0 Å². The Morgan fingerprint density at radius 1 is 1.46 bits per heavy atom. The van der Waals surface area contributed by atoms with Gasteiger partial charge in [0.15, 0.2) is 0 Å². The molecule has 1 saturated carbocycles. The number of hydrogen-bond donors (Lipinski definition) is 1. The number of carbonyl (C=O) groups is 1. The number of ketones is 1. The van der Waals surface area contributed by atoms with Crippen LogP contribution in [0.25, 0.3) is 0 Å². The minimum Gasteiger partial charge on any atom is -0.310 e. The Morgan fingerprint density at radius 2 is 2.23 bits per heavy atom. The van der Waals surface area contributed by atoms with Gasteiger partial charge < -0.3 is 5.32 Å². The fraction of sp³-hybridized carbons (Fsp3) is 0.909. The lowest BCUT2D eigenvalue weighted by molar-refractivity contribution is -0.127. The van der Waals surface area contributed by atoms with Crippen molar-refractivity contribution in [2.24, 2.45) is 5.41 Å². The zero-order chi connectivity index (χ0) is 9.47. The third-order valence-corrected chi connectivity index (χ3v) is 3.77. The summed E-state index contributed by atoms with van der Waals surface area (Å²) < 4.78 is 0. The Balaban J connectivity index is 2.23. The third kappa shape index (κ3) is 1.41. The van der Waals surface area contributed by atoms with Crippen LogP contribution in [-0.2, 0) is 4.79 Å². The molecule has 2 heteroatoms. The molecule has 2 nitrogen and oxygen atoms in total. The molecule has 13 heavy (non-hydrogen) atoms. The fourth-order valence-corrected chi connectivity index (χ4v) is 2.99. The molecule has 2 fully saturated rings. The van der Waals surface area contributed by atoms with Gasteiger partial charge in [0.1, 0.15) is 5.78 Å². The molecule has 2 aliphatic rings. The van der Waals surface area contributed by atoms with E-state index in [0.29, 0.717) is 17.9 Å². The van der Waals surface area contributed by atoms with Crippen LogP contribution in [0.2, 0.25) is 0 Å². The molecule has 0 aromatic carbocycles. The Kier molecular flexibility index (Phi) is 2.18. The lowest BCUT2D eigenvalue weighted by Gasteiger charge is -2.27. The second kappa shape index (κ2) is 3.09. The predicted octanol–water partition coefficient (Wildman–Crippen LogP) is 1.89. The summed E-state index contributed by atoms with van der Waals surface area (Å²) in [6.07, 6.45) is 5.34. The maximum Gasteiger partial charge on any atom is 0.140 e. The normalized spacial score (nSPS) is 45.8. The molecule has 74 valence electrons. The van der Waals surface area contributed by atoms with Gasteiger partial charge in [0.2, 0.25) is 0 Å². The first-order valence-corrected chi connectivity index (χ1v) is 5.42. The van der Waals surface area contributed by atoms with Crippen molar-refractivity contribution in [1.29, 1.82) is 0 Å². The minimum atomic E-state index is -0.0457. The fourth-order valence-electron chi connectivity index (χ4n) is 2.99. The summed E-state index contributed by atoms with van der Waals surface area (Å²) >= 11 is 0. The predicted molar refractivity (Wildman–Crippen MR) is 52.6 cm³/mol. The monoisotopic (exact) mass is 181 g/mol. The van der Waals surface area contributed by atoms with E-state index < -0.39 is 0 Å². The van der Waals surface area contributed by atoms with E-state index in [9.17, 15) is 4.79 Å². The number of Topliss-reactive ketones (excluding diaryl/α,β-unsaturated/α-hetero) is 1. The lowest BCUT2D eigenvalue weighted by atomic mass is 9.77. The number of nitrogens with one attached hydrogen (secondary N) is 1. The maximum absolute atomic E-state index is 11.9. The SMILES string of the molecule is CC1CC2(C)C(=O)CCCCC2N1. The number of fused-ring (bicyclic) bond motifs is 1. The van der Waals surface area contributed by atoms with Gasteiger partial charge >= 0.3 is 0 Å². The molecule has 0 radical (unpaired) electrons. The number of carbonyl (C=O) groups excluding carboxylic acids is 1. The van der Waals surface area contributed by atoms with Gasteiger partial charge in [-0.3, -0.25) is 4.79 Å². The van der Waals surface area contributed by atoms with E-state index in [1.807, 2.05) is 0 Å². The molecule has 1 aliphatic heterocycles. The summed E-state index contributed by atoms with van der Waals surface area (Å²) in [5, 5.41) is 3.55. The summed E-state index contributed by atoms with van der Waals surface area (Å²) in [5.74, 6) is 0.492. The van der Waals surface area contributed by atoms with Crippen molar-refractivity contribution in [2.75, 3.05) is 0 Å². The average Bonchev–Trinajstić information content (AvgIpc) is 2.29. The molecule has 0 aromatic heterocycles. The van der Waals surface area contributed by atoms with Gasteiger partial charge in [-0.15, -0.1) is 0 Å². The van der Waals surface area contributed by atoms with Gasteiger partial charge in [0, 0.05) is 23.9 Å². The van der Waals surface area contributed by atoms with Crippen LogP contribution in [0.5, 0.6) is 0 Å². The van der Waals surface area contributed by atoms with E-state index in [1.54, 1.807) is 0 Å². The van der Waals surface area contributed by atoms with Gasteiger partial charge in [-0.05, 0) is 26.2 Å². The van der Waals surface area contributed by atoms with E-state index in [-0.39, 0.29) is 5.41 Å². The van der Waals surface area contributed by atoms with E-state index in [4.69, 9.17) is 0 Å². The van der Waals surface area contributed by atoms with Gasteiger partial charge in [0.05, 0.1) is 0 Å². The van der Waals surface area contributed by atoms with Crippen LogP contribution in [0.4, 0.5) is 0 Å². The first-order valence-electron chi connectivity index (χ1n) is 5.42. The average molecular weight is 181 g/mol. The topological polar surface area (TPSA) is 29.1 Å². The molecule has 1 saturated heterocycles. The van der Waals surface area contributed by atoms with Crippen molar-refractivity contribution in [1.82, 2.24) is 5.32 Å². The van der Waals surface area contributed by atoms with Gasteiger partial charge in [0.25, 0.3) is 0 Å². The molecule has 0 amide bonds. The Bertz CT molecular complexity index is 226. The van der Waals surface area contributed by atoms with Crippen molar-refractivity contribution in [2.45, 2.75) is 58.0 Å². The van der Waals surface area contributed by atoms with Crippen molar-refractivity contribution in [3.8, 4) is 0 Å². The number of hydrogen-bond acceptors (Lipinski definition) is 2. The van der Waals surface area contributed by atoms with E-state index >= 15 is 0 Å². The molecule has 1 heterocycles. The molecule has 1 N–H and O–H groups in total. The summed E-state index contributed by atoms with van der Waals surface area (Å²) in [5.41, 5.74) is -0.0457. The van der Waals surface area contributed by atoms with Crippen LogP contribution in [0.1, 0.15) is 46.0 Å². The van der Waals surface area contributed by atoms with Crippen LogP contribution in [0.3, 0.4) is 0 Å². The molecule has 0 spiro atoms. The molecule has 2 rings (SSSR count). The highest BCUT2D eigenvalue weighted by Gasteiger charge is 2.47. The Labute approximate surface area is 80.1 Å². The molecule has 3 unspecified atom stereocenters. The minimum absolute atomic E-state index is 0.0457. The van der Waals surface area contributed by atoms with Crippen molar-refractivity contribution in [3.63, 3.8) is 0 Å². The van der Waals surface area contributed by atoms with Crippen LogP contribution in [0.15, 0.2) is 0 Å². The van der Waals surface area contributed by atoms with Crippen LogP contribution in [-0.4, -0.2) is 17.9 Å². The molecule has 1 aliphatic carbocycles. The van der Waals surface area contributed by atoms with Gasteiger partial charge in [-0.1, -0.05) is 13.3 Å². The van der Waals surface area contributed by atoms with E-state index in [2.05, 4.69) is 19.2 Å². The summed E-state index contributed by atoms with van der Waals surface area (Å²) in [6, 6.07) is 0.981. The second-order valence-electron chi connectivity index (χ2n) is 4.91. The van der Waals surface area contributed by atoms with Crippen molar-refractivity contribution >= 4 is 5.78 Å².